The summed E-state index contributed by atoms with van der Waals surface area (Å²) in [6, 6.07) is 0.635. The van der Waals surface area contributed by atoms with Crippen LogP contribution in [-0.4, -0.2) is 25.7 Å². The molecule has 3 unspecified atom stereocenters. The molecule has 0 aromatic heterocycles. The molecule has 2 rings (SSSR count). The van der Waals surface area contributed by atoms with Gasteiger partial charge in [-0.2, -0.15) is 0 Å². The summed E-state index contributed by atoms with van der Waals surface area (Å²) in [5.74, 6) is 3.25. The van der Waals surface area contributed by atoms with Gasteiger partial charge in [-0.25, -0.2) is 0 Å². The maximum atomic E-state index is 3.65. The first kappa shape index (κ1) is 10.4. The smallest absolute Gasteiger partial charge is 0.0164 e. The fraction of sp³-hybridized carbons (Fsp3) is 1.00. The van der Waals surface area contributed by atoms with Crippen LogP contribution in [0.1, 0.15) is 33.1 Å². The standard InChI is InChI=1S/C12H24N2/c1-3-13-7-9(2)14-8-12-10-5-4-6-11(10)12/h9-14H,3-8H2,1-2H3. The summed E-state index contributed by atoms with van der Waals surface area (Å²) in [6.45, 7) is 7.90. The maximum Gasteiger partial charge on any atom is 0.0164 e. The second-order valence-electron chi connectivity index (χ2n) is 5.04. The number of rotatable bonds is 6. The van der Waals surface area contributed by atoms with Gasteiger partial charge in [0.25, 0.3) is 0 Å². The van der Waals surface area contributed by atoms with Gasteiger partial charge >= 0.3 is 0 Å². The number of hydrogen-bond donors (Lipinski definition) is 2. The molecule has 0 aromatic rings. The Hall–Kier alpha value is -0.0800. The van der Waals surface area contributed by atoms with Crippen LogP contribution in [0.3, 0.4) is 0 Å². The molecular formula is C12H24N2. The summed E-state index contributed by atoms with van der Waals surface area (Å²) >= 11 is 0. The van der Waals surface area contributed by atoms with Crippen molar-refractivity contribution in [3.8, 4) is 0 Å². The number of likely N-dealkylation sites (N-methyl/N-ethyl adjacent to an activating group) is 1. The number of nitrogens with one attached hydrogen (secondary N) is 2. The maximum absolute atomic E-state index is 3.65. The van der Waals surface area contributed by atoms with Crippen LogP contribution in [0, 0.1) is 17.8 Å². The molecule has 0 heterocycles. The molecule has 0 amide bonds. The minimum atomic E-state index is 0.635. The molecule has 0 bridgehead atoms. The number of hydrogen-bond acceptors (Lipinski definition) is 2. The predicted octanol–water partition coefficient (Wildman–Crippen LogP) is 1.62. The van der Waals surface area contributed by atoms with Crippen LogP contribution in [0.15, 0.2) is 0 Å². The Bertz CT molecular complexity index is 171. The molecule has 2 heteroatoms. The average Bonchev–Trinajstić information content (AvgIpc) is 2.62. The summed E-state index contributed by atoms with van der Waals surface area (Å²) in [6.07, 6.45) is 4.52. The van der Waals surface area contributed by atoms with E-state index in [2.05, 4.69) is 24.5 Å². The van der Waals surface area contributed by atoms with Gasteiger partial charge in [0.05, 0.1) is 0 Å². The molecule has 0 spiro atoms. The Balaban J connectivity index is 1.55. The highest BCUT2D eigenvalue weighted by molar-refractivity contribution is 5.02. The van der Waals surface area contributed by atoms with E-state index in [1.165, 1.54) is 25.8 Å². The van der Waals surface area contributed by atoms with Crippen LogP contribution in [-0.2, 0) is 0 Å². The average molecular weight is 196 g/mol. The van der Waals surface area contributed by atoms with Gasteiger partial charge in [0.15, 0.2) is 0 Å². The molecule has 0 saturated heterocycles. The van der Waals surface area contributed by atoms with Crippen molar-refractivity contribution in [1.82, 2.24) is 10.6 Å². The van der Waals surface area contributed by atoms with E-state index in [1.807, 2.05) is 0 Å². The second kappa shape index (κ2) is 4.63. The van der Waals surface area contributed by atoms with Gasteiger partial charge in [0, 0.05) is 12.6 Å². The van der Waals surface area contributed by atoms with Crippen molar-refractivity contribution in [1.29, 1.82) is 0 Å². The fourth-order valence-electron chi connectivity index (χ4n) is 3.04. The highest BCUT2D eigenvalue weighted by Gasteiger charge is 2.51. The SMILES string of the molecule is CCNCC(C)NCC1C2CCCC21. The molecule has 14 heavy (non-hydrogen) atoms. The molecule has 0 aromatic carbocycles. The molecule has 2 fully saturated rings. The molecule has 2 aliphatic carbocycles. The largest absolute Gasteiger partial charge is 0.315 e. The summed E-state index contributed by atoms with van der Waals surface area (Å²) < 4.78 is 0. The van der Waals surface area contributed by atoms with Crippen LogP contribution >= 0.6 is 0 Å². The Labute approximate surface area is 87.8 Å². The normalized spacial score (nSPS) is 36.9. The minimum absolute atomic E-state index is 0.635. The van der Waals surface area contributed by atoms with Crippen LogP contribution < -0.4 is 10.6 Å². The molecule has 0 radical (unpaired) electrons. The minimum Gasteiger partial charge on any atom is -0.315 e. The van der Waals surface area contributed by atoms with Crippen molar-refractivity contribution in [2.24, 2.45) is 17.8 Å². The van der Waals surface area contributed by atoms with Crippen molar-refractivity contribution in [3.05, 3.63) is 0 Å². The molecule has 2 aliphatic rings. The highest BCUT2D eigenvalue weighted by Crippen LogP contribution is 2.56. The van der Waals surface area contributed by atoms with Crippen LogP contribution in [0.4, 0.5) is 0 Å². The molecule has 2 saturated carbocycles. The molecule has 82 valence electrons. The van der Waals surface area contributed by atoms with Gasteiger partial charge in [0.2, 0.25) is 0 Å². The van der Waals surface area contributed by atoms with Crippen LogP contribution in [0.2, 0.25) is 0 Å². The van der Waals surface area contributed by atoms with Crippen LogP contribution in [0.5, 0.6) is 0 Å². The lowest BCUT2D eigenvalue weighted by Crippen LogP contribution is -2.37. The Kier molecular flexibility index (Phi) is 3.45. The summed E-state index contributed by atoms with van der Waals surface area (Å²) in [4.78, 5) is 0. The lowest BCUT2D eigenvalue weighted by Gasteiger charge is -2.14. The first-order valence-corrected chi connectivity index (χ1v) is 6.27. The molecular weight excluding hydrogens is 172 g/mol. The van der Waals surface area contributed by atoms with Crippen molar-refractivity contribution in [3.63, 3.8) is 0 Å². The fourth-order valence-corrected chi connectivity index (χ4v) is 3.04. The summed E-state index contributed by atoms with van der Waals surface area (Å²) in [5.41, 5.74) is 0. The third-order valence-corrected chi connectivity index (χ3v) is 3.99. The molecule has 3 atom stereocenters. The quantitative estimate of drug-likeness (QED) is 0.674. The van der Waals surface area contributed by atoms with Gasteiger partial charge in [0.1, 0.15) is 0 Å². The zero-order valence-corrected chi connectivity index (χ0v) is 9.55. The number of fused-ring (bicyclic) bond motifs is 1. The third-order valence-electron chi connectivity index (χ3n) is 3.99. The van der Waals surface area contributed by atoms with E-state index in [9.17, 15) is 0 Å². The van der Waals surface area contributed by atoms with Crippen LogP contribution in [0.25, 0.3) is 0 Å². The monoisotopic (exact) mass is 196 g/mol. The lowest BCUT2D eigenvalue weighted by molar-refractivity contribution is 0.463. The van der Waals surface area contributed by atoms with E-state index in [0.29, 0.717) is 6.04 Å². The van der Waals surface area contributed by atoms with Crippen molar-refractivity contribution >= 4 is 0 Å². The van der Waals surface area contributed by atoms with E-state index in [-0.39, 0.29) is 0 Å². The summed E-state index contributed by atoms with van der Waals surface area (Å²) in [7, 11) is 0. The Morgan fingerprint density at radius 2 is 2.00 bits per heavy atom. The van der Waals surface area contributed by atoms with Gasteiger partial charge in [-0.15, -0.1) is 0 Å². The lowest BCUT2D eigenvalue weighted by atomic mass is 10.1. The Morgan fingerprint density at radius 3 is 2.64 bits per heavy atom. The Morgan fingerprint density at radius 1 is 1.29 bits per heavy atom. The van der Waals surface area contributed by atoms with E-state index < -0.39 is 0 Å². The van der Waals surface area contributed by atoms with Crippen molar-refractivity contribution in [2.45, 2.75) is 39.2 Å². The van der Waals surface area contributed by atoms with Gasteiger partial charge < -0.3 is 10.6 Å². The molecule has 2 N–H and O–H groups in total. The van der Waals surface area contributed by atoms with Crippen molar-refractivity contribution < 1.29 is 0 Å². The third kappa shape index (κ3) is 2.29. The van der Waals surface area contributed by atoms with Crippen molar-refractivity contribution in [2.75, 3.05) is 19.6 Å². The van der Waals surface area contributed by atoms with Gasteiger partial charge in [-0.3, -0.25) is 0 Å². The highest BCUT2D eigenvalue weighted by atomic mass is 15.0. The van der Waals surface area contributed by atoms with E-state index in [4.69, 9.17) is 0 Å². The van der Waals surface area contributed by atoms with Gasteiger partial charge in [-0.1, -0.05) is 13.3 Å². The predicted molar refractivity (Wildman–Crippen MR) is 60.3 cm³/mol. The van der Waals surface area contributed by atoms with E-state index in [0.717, 1.165) is 30.8 Å². The summed E-state index contributed by atoms with van der Waals surface area (Å²) in [5, 5.41) is 7.03. The molecule has 2 nitrogen and oxygen atoms in total. The zero-order valence-electron chi connectivity index (χ0n) is 9.55. The topological polar surface area (TPSA) is 24.1 Å². The van der Waals surface area contributed by atoms with Gasteiger partial charge in [-0.05, 0) is 50.6 Å². The van der Waals surface area contributed by atoms with E-state index >= 15 is 0 Å². The van der Waals surface area contributed by atoms with E-state index in [1.54, 1.807) is 0 Å². The molecule has 0 aliphatic heterocycles. The zero-order chi connectivity index (χ0) is 9.97. The first-order valence-electron chi connectivity index (χ1n) is 6.27. The second-order valence-corrected chi connectivity index (χ2v) is 5.04. The first-order chi connectivity index (χ1) is 6.83.